The van der Waals surface area contributed by atoms with Crippen molar-refractivity contribution in [2.75, 3.05) is 26.7 Å². The summed E-state index contributed by atoms with van der Waals surface area (Å²) in [5.74, 6) is 2.28. The molecule has 2 N–H and O–H groups in total. The van der Waals surface area contributed by atoms with Gasteiger partial charge in [-0.1, -0.05) is 63.8 Å². The maximum absolute atomic E-state index is 11.3. The summed E-state index contributed by atoms with van der Waals surface area (Å²) in [7, 11) is 2.24. The van der Waals surface area contributed by atoms with Crippen LogP contribution in [0, 0.1) is 16.7 Å². The molecule has 5 rings (SSSR count). The van der Waals surface area contributed by atoms with Gasteiger partial charge in [0.15, 0.2) is 0 Å². The van der Waals surface area contributed by atoms with E-state index in [0.717, 1.165) is 50.9 Å². The van der Waals surface area contributed by atoms with Crippen LogP contribution in [0.15, 0.2) is 55.1 Å². The van der Waals surface area contributed by atoms with Gasteiger partial charge in [0, 0.05) is 5.92 Å². The second kappa shape index (κ2) is 13.6. The van der Waals surface area contributed by atoms with Crippen LogP contribution in [0.4, 0.5) is 0 Å². The number of rotatable bonds is 14. The van der Waals surface area contributed by atoms with Crippen LogP contribution in [0.3, 0.4) is 0 Å². The molecule has 0 radical (unpaired) electrons. The number of phenols is 1. The lowest BCUT2D eigenvalue weighted by Gasteiger charge is -2.60. The predicted octanol–water partition coefficient (Wildman–Crippen LogP) is 8.62. The second-order valence-corrected chi connectivity index (χ2v) is 14.0. The molecule has 2 saturated carbocycles. The first-order valence-electron chi connectivity index (χ1n) is 16.9. The minimum atomic E-state index is -0.270. The largest absolute Gasteiger partial charge is 0.508 e. The molecule has 230 valence electrons. The lowest BCUT2D eigenvalue weighted by Crippen LogP contribution is -2.53. The maximum Gasteiger partial charge on any atom is 0.119 e. The fraction of sp³-hybridized carbons (Fsp3) is 0.632. The molecule has 6 atom stereocenters. The van der Waals surface area contributed by atoms with Gasteiger partial charge in [-0.2, -0.15) is 0 Å². The number of benzene rings is 2. The summed E-state index contributed by atoms with van der Waals surface area (Å²) in [4.78, 5) is 2.47. The predicted molar refractivity (Wildman–Crippen MR) is 173 cm³/mol. The molecule has 0 spiro atoms. The molecule has 2 aromatic carbocycles. The first-order chi connectivity index (χ1) is 20.3. The van der Waals surface area contributed by atoms with Crippen LogP contribution in [0.1, 0.15) is 113 Å². The molecule has 0 saturated heterocycles. The second-order valence-electron chi connectivity index (χ2n) is 14.0. The van der Waals surface area contributed by atoms with Gasteiger partial charge in [0.1, 0.15) is 11.5 Å². The maximum atomic E-state index is 11.3. The van der Waals surface area contributed by atoms with E-state index in [1.807, 2.05) is 12.1 Å². The van der Waals surface area contributed by atoms with Crippen molar-refractivity contribution in [3.63, 3.8) is 0 Å². The zero-order chi connectivity index (χ0) is 29.7. The number of aromatic hydroxyl groups is 1. The monoisotopic (exact) mass is 573 g/mol. The molecule has 0 amide bonds. The minimum Gasteiger partial charge on any atom is -0.508 e. The molecular weight excluding hydrogens is 518 g/mol. The Labute approximate surface area is 255 Å². The van der Waals surface area contributed by atoms with E-state index >= 15 is 0 Å². The zero-order valence-electron chi connectivity index (χ0n) is 26.5. The third-order valence-corrected chi connectivity index (χ3v) is 11.4. The first-order valence-corrected chi connectivity index (χ1v) is 16.9. The van der Waals surface area contributed by atoms with Crippen LogP contribution in [-0.2, 0) is 6.42 Å². The average molecular weight is 574 g/mol. The van der Waals surface area contributed by atoms with E-state index in [0.29, 0.717) is 17.6 Å². The van der Waals surface area contributed by atoms with E-state index in [-0.39, 0.29) is 22.9 Å². The van der Waals surface area contributed by atoms with Crippen molar-refractivity contribution in [3.8, 4) is 11.5 Å². The molecule has 3 aliphatic carbocycles. The summed E-state index contributed by atoms with van der Waals surface area (Å²) in [5, 5.41) is 21.5. The highest BCUT2D eigenvalue weighted by Crippen LogP contribution is 2.71. The van der Waals surface area contributed by atoms with E-state index in [4.69, 9.17) is 4.74 Å². The Morgan fingerprint density at radius 3 is 2.50 bits per heavy atom. The normalized spacial score (nSPS) is 30.0. The highest BCUT2D eigenvalue weighted by Gasteiger charge is 2.63. The van der Waals surface area contributed by atoms with Crippen LogP contribution in [0.5, 0.6) is 11.5 Å². The Balaban J connectivity index is 1.23. The number of aliphatic hydroxyl groups is 1. The summed E-state index contributed by atoms with van der Waals surface area (Å²) >= 11 is 0. The molecule has 4 nitrogen and oxygen atoms in total. The number of aryl methyl sites for hydroxylation is 1. The van der Waals surface area contributed by atoms with E-state index in [9.17, 15) is 10.2 Å². The van der Waals surface area contributed by atoms with Gasteiger partial charge < -0.3 is 19.8 Å². The van der Waals surface area contributed by atoms with Crippen LogP contribution in [0.2, 0.25) is 0 Å². The van der Waals surface area contributed by atoms with Crippen LogP contribution in [-0.4, -0.2) is 48.0 Å². The topological polar surface area (TPSA) is 52.9 Å². The highest BCUT2D eigenvalue weighted by atomic mass is 16.5. The molecular formula is C38H55NO3. The van der Waals surface area contributed by atoms with Gasteiger partial charge in [-0.3, -0.25) is 0 Å². The highest BCUT2D eigenvalue weighted by molar-refractivity contribution is 5.46. The molecule has 3 aliphatic rings. The van der Waals surface area contributed by atoms with E-state index in [2.05, 4.69) is 68.8 Å². The van der Waals surface area contributed by atoms with Crippen molar-refractivity contribution in [3.05, 3.63) is 71.8 Å². The van der Waals surface area contributed by atoms with Crippen LogP contribution >= 0.6 is 0 Å². The number of ether oxygens (including phenoxy) is 1. The zero-order valence-corrected chi connectivity index (χ0v) is 26.5. The number of hydrogen-bond acceptors (Lipinski definition) is 4. The Bertz CT molecular complexity index is 1180. The molecule has 0 unspecified atom stereocenters. The number of hydrogen-bond donors (Lipinski definition) is 2. The summed E-state index contributed by atoms with van der Waals surface area (Å²) in [5.41, 5.74) is 3.78. The summed E-state index contributed by atoms with van der Waals surface area (Å²) < 4.78 is 6.17. The fourth-order valence-corrected chi connectivity index (χ4v) is 9.10. The fourth-order valence-electron chi connectivity index (χ4n) is 9.10. The SMILES string of the molecule is C=C[C@@]12CCc3cc(O)ccc3[C@H]1[C@@H](c1ccc(OCCCCCCCN(C)CCCC)cc1)C[C@@]1(C)[C@H]2CC[C@@H]1O. The number of allylic oxidation sites excluding steroid dienone is 1. The molecule has 0 aliphatic heterocycles. The van der Waals surface area contributed by atoms with Crippen molar-refractivity contribution in [2.45, 2.75) is 109 Å². The Kier molecular flexibility index (Phi) is 10.0. The molecule has 0 heterocycles. The van der Waals surface area contributed by atoms with E-state index < -0.39 is 0 Å². The number of phenolic OH excluding ortho intramolecular Hbond substituents is 1. The summed E-state index contributed by atoms with van der Waals surface area (Å²) in [6.45, 7) is 12.2. The quantitative estimate of drug-likeness (QED) is 0.175. The van der Waals surface area contributed by atoms with Crippen molar-refractivity contribution < 1.29 is 14.9 Å². The lowest BCUT2D eigenvalue weighted by molar-refractivity contribution is -0.0630. The van der Waals surface area contributed by atoms with Crippen molar-refractivity contribution >= 4 is 0 Å². The van der Waals surface area contributed by atoms with Crippen molar-refractivity contribution in [1.29, 1.82) is 0 Å². The Morgan fingerprint density at radius 2 is 1.74 bits per heavy atom. The lowest BCUT2D eigenvalue weighted by atomic mass is 9.44. The van der Waals surface area contributed by atoms with Gasteiger partial charge in [-0.05, 0) is 135 Å². The van der Waals surface area contributed by atoms with Gasteiger partial charge >= 0.3 is 0 Å². The van der Waals surface area contributed by atoms with E-state index in [1.165, 1.54) is 68.3 Å². The summed E-state index contributed by atoms with van der Waals surface area (Å²) in [6, 6.07) is 14.8. The minimum absolute atomic E-state index is 0.0563. The van der Waals surface area contributed by atoms with Crippen molar-refractivity contribution in [1.82, 2.24) is 4.90 Å². The first kappa shape index (κ1) is 31.1. The van der Waals surface area contributed by atoms with Gasteiger partial charge in [0.05, 0.1) is 12.7 Å². The molecule has 2 aromatic rings. The van der Waals surface area contributed by atoms with E-state index in [1.54, 1.807) is 0 Å². The van der Waals surface area contributed by atoms with Crippen molar-refractivity contribution in [2.24, 2.45) is 16.7 Å². The van der Waals surface area contributed by atoms with Gasteiger partial charge in [0.2, 0.25) is 0 Å². The molecule has 42 heavy (non-hydrogen) atoms. The number of unbranched alkanes of at least 4 members (excludes halogenated alkanes) is 5. The number of aliphatic hydroxyl groups excluding tert-OH is 1. The Hall–Kier alpha value is -2.30. The average Bonchev–Trinajstić information content (AvgIpc) is 3.31. The number of nitrogens with zero attached hydrogens (tertiary/aromatic N) is 1. The molecule has 0 aromatic heterocycles. The van der Waals surface area contributed by atoms with Gasteiger partial charge in [0.25, 0.3) is 0 Å². The third kappa shape index (κ3) is 6.17. The smallest absolute Gasteiger partial charge is 0.119 e. The molecule has 2 fully saturated rings. The standard InChI is InChI=1S/C38H55NO3/c1-5-7-23-39(4)24-11-9-8-10-12-25-42-31-16-13-28(14-17-31)33-27-37(3)34(19-20-35(37)41)38(6-2)22-21-29-26-30(40)15-18-32(29)36(33)38/h6,13-18,26,33-36,40-41H,2,5,7-12,19-25,27H2,1,3-4H3/t33-,34-,35+,36+,37+,38+/m1/s1. The van der Waals surface area contributed by atoms with Crippen LogP contribution in [0.25, 0.3) is 0 Å². The van der Waals surface area contributed by atoms with Gasteiger partial charge in [-0.15, -0.1) is 6.58 Å². The molecule has 4 heteroatoms. The third-order valence-electron chi connectivity index (χ3n) is 11.4. The molecule has 0 bridgehead atoms. The Morgan fingerprint density at radius 1 is 1.00 bits per heavy atom. The summed E-state index contributed by atoms with van der Waals surface area (Å²) in [6.07, 6.45) is 15.6. The number of fused-ring (bicyclic) bond motifs is 5. The van der Waals surface area contributed by atoms with Crippen LogP contribution < -0.4 is 4.74 Å². The van der Waals surface area contributed by atoms with Gasteiger partial charge in [-0.25, -0.2) is 0 Å².